The molecule has 2 aromatic heterocycles. The van der Waals surface area contributed by atoms with Gasteiger partial charge in [0.05, 0.1) is 17.9 Å². The molecule has 1 fully saturated rings. The summed E-state index contributed by atoms with van der Waals surface area (Å²) in [4.78, 5) is 7.19. The van der Waals surface area contributed by atoms with Gasteiger partial charge in [-0.05, 0) is 92.2 Å². The van der Waals surface area contributed by atoms with Crippen molar-refractivity contribution in [2.24, 2.45) is 5.41 Å². The second-order valence-electron chi connectivity index (χ2n) is 10.2. The van der Waals surface area contributed by atoms with Crippen molar-refractivity contribution in [2.45, 2.75) is 57.7 Å². The first-order valence-electron chi connectivity index (χ1n) is 11.3. The van der Waals surface area contributed by atoms with E-state index in [0.29, 0.717) is 0 Å². The first-order valence-corrected chi connectivity index (χ1v) is 13.2. The number of halogens is 2. The maximum atomic E-state index is 14.1. The van der Waals surface area contributed by atoms with Crippen LogP contribution >= 0.6 is 15.9 Å². The first kappa shape index (κ1) is 23.1. The third-order valence-corrected chi connectivity index (χ3v) is 9.51. The van der Waals surface area contributed by atoms with Crippen LogP contribution in [0.4, 0.5) is 10.2 Å². The van der Waals surface area contributed by atoms with Crippen molar-refractivity contribution in [3.63, 3.8) is 0 Å². The van der Waals surface area contributed by atoms with Crippen molar-refractivity contribution in [3.05, 3.63) is 57.7 Å². The van der Waals surface area contributed by atoms with Gasteiger partial charge in [0.2, 0.25) is 0 Å². The molecule has 2 atom stereocenters. The third-order valence-electron chi connectivity index (χ3n) is 7.04. The van der Waals surface area contributed by atoms with Crippen molar-refractivity contribution in [2.75, 3.05) is 18.0 Å². The summed E-state index contributed by atoms with van der Waals surface area (Å²) in [6.07, 6.45) is 4.39. The Labute approximate surface area is 205 Å². The van der Waals surface area contributed by atoms with Gasteiger partial charge >= 0.3 is 0 Å². The molecule has 9 heteroatoms. The van der Waals surface area contributed by atoms with Crippen LogP contribution < -0.4 is 9.62 Å². The van der Waals surface area contributed by atoms with Gasteiger partial charge < -0.3 is 9.45 Å². The van der Waals surface area contributed by atoms with Crippen LogP contribution in [0.1, 0.15) is 56.5 Å². The highest BCUT2D eigenvalue weighted by atomic mass is 79.9. The Hall–Kier alpha value is -1.68. The molecule has 1 aromatic carbocycles. The number of hydrogen-bond acceptors (Lipinski definition) is 5. The molecule has 3 heterocycles. The Bertz CT molecular complexity index is 1200. The molecule has 1 saturated heterocycles. The SMILES string of the molecule is Cc1nc(N2CCC3(CC2)Cc2cc(F)ccc2C3N[S@+]([O-])C(C)(C)C)c2ccnn2c1Br. The van der Waals surface area contributed by atoms with E-state index in [2.05, 4.69) is 30.7 Å². The number of aryl methyl sites for hydroxylation is 1. The summed E-state index contributed by atoms with van der Waals surface area (Å²) in [5.41, 5.74) is 3.88. The number of fused-ring (bicyclic) bond motifs is 2. The van der Waals surface area contributed by atoms with Gasteiger partial charge in [-0.3, -0.25) is 0 Å². The molecular weight excluding hydrogens is 505 g/mol. The van der Waals surface area contributed by atoms with Crippen molar-refractivity contribution < 1.29 is 8.94 Å². The second kappa shape index (κ2) is 8.22. The lowest BCUT2D eigenvalue weighted by molar-refractivity contribution is 0.176. The summed E-state index contributed by atoms with van der Waals surface area (Å²) in [7, 11) is 0. The minimum Gasteiger partial charge on any atom is -0.598 e. The molecule has 1 aliphatic heterocycles. The molecule has 1 aliphatic carbocycles. The molecule has 0 bridgehead atoms. The summed E-state index contributed by atoms with van der Waals surface area (Å²) in [6, 6.07) is 6.97. The molecule has 0 saturated carbocycles. The number of rotatable bonds is 3. The van der Waals surface area contributed by atoms with E-state index < -0.39 is 11.4 Å². The second-order valence-corrected chi connectivity index (χ2v) is 13.0. The van der Waals surface area contributed by atoms with Gasteiger partial charge in [0.15, 0.2) is 5.82 Å². The summed E-state index contributed by atoms with van der Waals surface area (Å²) in [5.74, 6) is 0.726. The monoisotopic (exact) mass is 533 g/mol. The predicted octanol–water partition coefficient (Wildman–Crippen LogP) is 4.88. The Kier molecular flexibility index (Phi) is 5.75. The normalized spacial score (nSPS) is 21.1. The molecule has 6 nitrogen and oxygen atoms in total. The molecule has 5 rings (SSSR count). The van der Waals surface area contributed by atoms with Gasteiger partial charge in [-0.25, -0.2) is 13.9 Å². The number of aromatic nitrogens is 3. The molecule has 2 aliphatic rings. The molecule has 176 valence electrons. The molecule has 0 radical (unpaired) electrons. The molecule has 1 N–H and O–H groups in total. The quantitative estimate of drug-likeness (QED) is 0.486. The highest BCUT2D eigenvalue weighted by molar-refractivity contribution is 9.10. The van der Waals surface area contributed by atoms with E-state index in [9.17, 15) is 8.94 Å². The number of hydrogen-bond donors (Lipinski definition) is 1. The Balaban J connectivity index is 1.45. The Morgan fingerprint density at radius 3 is 2.67 bits per heavy atom. The zero-order valence-electron chi connectivity index (χ0n) is 19.4. The number of nitrogens with one attached hydrogen (secondary N) is 1. The highest BCUT2D eigenvalue weighted by Gasteiger charge is 2.50. The number of nitrogens with zero attached hydrogens (tertiary/aromatic N) is 4. The number of anilines is 1. The van der Waals surface area contributed by atoms with E-state index in [0.717, 1.165) is 65.1 Å². The molecule has 33 heavy (non-hydrogen) atoms. The molecule has 1 spiro atoms. The summed E-state index contributed by atoms with van der Waals surface area (Å²) < 4.78 is 33.0. The first-order chi connectivity index (χ1) is 15.6. The average molecular weight is 534 g/mol. The fraction of sp³-hybridized carbons (Fsp3) is 0.500. The highest BCUT2D eigenvalue weighted by Crippen LogP contribution is 2.53. The van der Waals surface area contributed by atoms with Crippen molar-refractivity contribution >= 4 is 38.6 Å². The van der Waals surface area contributed by atoms with Crippen LogP contribution in [0, 0.1) is 18.2 Å². The van der Waals surface area contributed by atoms with Gasteiger partial charge in [-0.2, -0.15) is 5.10 Å². The minimum absolute atomic E-state index is 0.0649. The van der Waals surface area contributed by atoms with E-state index in [-0.39, 0.29) is 22.0 Å². The van der Waals surface area contributed by atoms with Gasteiger partial charge in [0, 0.05) is 29.9 Å². The topological polar surface area (TPSA) is 68.5 Å². The fourth-order valence-electron chi connectivity index (χ4n) is 5.20. The summed E-state index contributed by atoms with van der Waals surface area (Å²) in [6.45, 7) is 9.56. The maximum Gasteiger partial charge on any atom is 0.155 e. The van der Waals surface area contributed by atoms with E-state index >= 15 is 0 Å². The van der Waals surface area contributed by atoms with Crippen LogP contribution in [-0.4, -0.2) is 37.0 Å². The van der Waals surface area contributed by atoms with Crippen molar-refractivity contribution in [1.29, 1.82) is 0 Å². The molecule has 0 amide bonds. The van der Waals surface area contributed by atoms with E-state index in [4.69, 9.17) is 4.98 Å². The van der Waals surface area contributed by atoms with Gasteiger partial charge in [0.1, 0.15) is 20.7 Å². The van der Waals surface area contributed by atoms with E-state index in [1.807, 2.05) is 44.3 Å². The smallest absolute Gasteiger partial charge is 0.155 e. The van der Waals surface area contributed by atoms with E-state index in [1.165, 1.54) is 6.07 Å². The van der Waals surface area contributed by atoms with E-state index in [1.54, 1.807) is 12.3 Å². The summed E-state index contributed by atoms with van der Waals surface area (Å²) in [5, 5.41) is 4.43. The molecule has 3 aromatic rings. The van der Waals surface area contributed by atoms with Crippen LogP contribution in [0.3, 0.4) is 0 Å². The average Bonchev–Trinajstić information content (AvgIpc) is 3.35. The Morgan fingerprint density at radius 1 is 1.24 bits per heavy atom. The van der Waals surface area contributed by atoms with Gasteiger partial charge in [-0.1, -0.05) is 6.07 Å². The third kappa shape index (κ3) is 3.96. The standard InChI is InChI=1S/C24H29BrFN5OS/c1-15-21(25)31-19(7-10-27-31)22(28-15)30-11-8-24(9-12-30)14-16-13-17(26)5-6-18(16)20(24)29-33(32)23(2,3)4/h5-7,10,13,20,29H,8-9,11-12,14H2,1-4H3/t20?,33-/m1/s1. The zero-order valence-corrected chi connectivity index (χ0v) is 21.8. The van der Waals surface area contributed by atoms with Crippen LogP contribution in [0.2, 0.25) is 0 Å². The largest absolute Gasteiger partial charge is 0.598 e. The maximum absolute atomic E-state index is 14.1. The Morgan fingerprint density at radius 2 is 1.97 bits per heavy atom. The van der Waals surface area contributed by atoms with Gasteiger partial charge in [0.25, 0.3) is 0 Å². The van der Waals surface area contributed by atoms with Crippen LogP contribution in [0.5, 0.6) is 0 Å². The molecule has 1 unspecified atom stereocenters. The molecular formula is C24H29BrFN5OS. The number of benzene rings is 1. The minimum atomic E-state index is -1.22. The van der Waals surface area contributed by atoms with Crippen LogP contribution in [0.25, 0.3) is 5.52 Å². The zero-order chi connectivity index (χ0) is 23.5. The van der Waals surface area contributed by atoms with Crippen molar-refractivity contribution in [3.8, 4) is 0 Å². The fourth-order valence-corrected chi connectivity index (χ4v) is 6.52. The summed E-state index contributed by atoms with van der Waals surface area (Å²) >= 11 is 2.37. The van der Waals surface area contributed by atoms with Crippen LogP contribution in [0.15, 0.2) is 35.1 Å². The predicted molar refractivity (Wildman–Crippen MR) is 133 cm³/mol. The lowest BCUT2D eigenvalue weighted by Crippen LogP contribution is -2.50. The van der Waals surface area contributed by atoms with Crippen LogP contribution in [-0.2, 0) is 17.8 Å². The number of piperidine rings is 1. The van der Waals surface area contributed by atoms with Gasteiger partial charge in [-0.15, -0.1) is 4.72 Å². The van der Waals surface area contributed by atoms with Crippen molar-refractivity contribution in [1.82, 2.24) is 19.3 Å². The lowest BCUT2D eigenvalue weighted by atomic mass is 9.73. The lowest BCUT2D eigenvalue weighted by Gasteiger charge is -2.44.